The SMILES string of the molecule is Cc1cccc(C(C)C)c1NC(=O)CSc1n[nH]c(C(C)C)n1. The lowest BCUT2D eigenvalue weighted by Gasteiger charge is -2.16. The van der Waals surface area contributed by atoms with Crippen LogP contribution < -0.4 is 5.32 Å². The van der Waals surface area contributed by atoms with E-state index in [1.54, 1.807) is 0 Å². The molecular formula is C17H24N4OS. The Labute approximate surface area is 141 Å². The van der Waals surface area contributed by atoms with Gasteiger partial charge in [-0.1, -0.05) is 57.7 Å². The van der Waals surface area contributed by atoms with Gasteiger partial charge in [-0.3, -0.25) is 9.89 Å². The molecule has 124 valence electrons. The lowest BCUT2D eigenvalue weighted by Crippen LogP contribution is -2.16. The van der Waals surface area contributed by atoms with Crippen molar-refractivity contribution in [1.82, 2.24) is 15.2 Å². The monoisotopic (exact) mass is 332 g/mol. The molecule has 1 amide bonds. The number of benzene rings is 1. The highest BCUT2D eigenvalue weighted by Crippen LogP contribution is 2.27. The Balaban J connectivity index is 2.00. The summed E-state index contributed by atoms with van der Waals surface area (Å²) in [6, 6.07) is 6.10. The van der Waals surface area contributed by atoms with E-state index in [0.29, 0.717) is 22.7 Å². The van der Waals surface area contributed by atoms with Crippen LogP contribution in [0.15, 0.2) is 23.4 Å². The molecule has 23 heavy (non-hydrogen) atoms. The van der Waals surface area contributed by atoms with Crippen LogP contribution in [0.1, 0.15) is 56.5 Å². The number of aromatic nitrogens is 3. The van der Waals surface area contributed by atoms with Gasteiger partial charge in [-0.2, -0.15) is 0 Å². The first-order valence-electron chi connectivity index (χ1n) is 7.83. The first-order valence-corrected chi connectivity index (χ1v) is 8.81. The minimum absolute atomic E-state index is 0.0397. The fourth-order valence-corrected chi connectivity index (χ4v) is 2.83. The number of nitrogens with zero attached hydrogens (tertiary/aromatic N) is 2. The quantitative estimate of drug-likeness (QED) is 0.782. The average molecular weight is 332 g/mol. The molecule has 0 bridgehead atoms. The molecule has 2 rings (SSSR count). The molecule has 0 radical (unpaired) electrons. The van der Waals surface area contributed by atoms with Crippen LogP contribution in [-0.4, -0.2) is 26.8 Å². The predicted octanol–water partition coefficient (Wildman–Crippen LogP) is 4.09. The van der Waals surface area contributed by atoms with Crippen molar-refractivity contribution in [2.24, 2.45) is 0 Å². The number of amides is 1. The van der Waals surface area contributed by atoms with Crippen molar-refractivity contribution in [3.05, 3.63) is 35.2 Å². The molecule has 2 N–H and O–H groups in total. The Morgan fingerprint density at radius 1 is 1.26 bits per heavy atom. The highest BCUT2D eigenvalue weighted by Gasteiger charge is 2.13. The van der Waals surface area contributed by atoms with Crippen LogP contribution >= 0.6 is 11.8 Å². The number of aryl methyl sites for hydroxylation is 1. The van der Waals surface area contributed by atoms with E-state index in [1.807, 2.05) is 32.9 Å². The zero-order valence-corrected chi connectivity index (χ0v) is 15.1. The van der Waals surface area contributed by atoms with Gasteiger partial charge in [-0.15, -0.1) is 5.10 Å². The third-order valence-corrected chi connectivity index (χ3v) is 4.40. The van der Waals surface area contributed by atoms with Crippen molar-refractivity contribution < 1.29 is 4.79 Å². The number of carbonyl (C=O) groups excluding carboxylic acids is 1. The Morgan fingerprint density at radius 3 is 2.61 bits per heavy atom. The van der Waals surface area contributed by atoms with Crippen LogP contribution in [0.25, 0.3) is 0 Å². The number of para-hydroxylation sites is 1. The van der Waals surface area contributed by atoms with Gasteiger partial charge in [0.15, 0.2) is 0 Å². The van der Waals surface area contributed by atoms with E-state index < -0.39 is 0 Å². The predicted molar refractivity (Wildman–Crippen MR) is 95.1 cm³/mol. The maximum Gasteiger partial charge on any atom is 0.234 e. The van der Waals surface area contributed by atoms with Crippen LogP contribution in [-0.2, 0) is 4.79 Å². The number of anilines is 1. The summed E-state index contributed by atoms with van der Waals surface area (Å²) in [6.07, 6.45) is 0. The standard InChI is InChI=1S/C17H24N4OS/c1-10(2)13-8-6-7-12(5)15(13)18-14(22)9-23-17-19-16(11(3)4)20-21-17/h6-8,10-11H,9H2,1-5H3,(H,18,22)(H,19,20,21). The van der Waals surface area contributed by atoms with E-state index >= 15 is 0 Å². The van der Waals surface area contributed by atoms with Gasteiger partial charge in [-0.25, -0.2) is 4.98 Å². The zero-order chi connectivity index (χ0) is 17.0. The minimum atomic E-state index is -0.0397. The van der Waals surface area contributed by atoms with Crippen molar-refractivity contribution in [2.45, 2.75) is 51.6 Å². The smallest absolute Gasteiger partial charge is 0.234 e. The second-order valence-electron chi connectivity index (χ2n) is 6.19. The summed E-state index contributed by atoms with van der Waals surface area (Å²) in [7, 11) is 0. The molecule has 0 fully saturated rings. The average Bonchev–Trinajstić information content (AvgIpc) is 2.96. The van der Waals surface area contributed by atoms with E-state index in [9.17, 15) is 4.79 Å². The van der Waals surface area contributed by atoms with Crippen LogP contribution in [0.4, 0.5) is 5.69 Å². The van der Waals surface area contributed by atoms with Crippen molar-refractivity contribution in [3.63, 3.8) is 0 Å². The third kappa shape index (κ3) is 4.58. The summed E-state index contributed by atoms with van der Waals surface area (Å²) in [5.41, 5.74) is 3.16. The second-order valence-corrected chi connectivity index (χ2v) is 7.13. The zero-order valence-electron chi connectivity index (χ0n) is 14.3. The number of hydrogen-bond acceptors (Lipinski definition) is 4. The molecule has 0 unspecified atom stereocenters. The van der Waals surface area contributed by atoms with Gasteiger partial charge in [0.25, 0.3) is 0 Å². The first kappa shape index (κ1) is 17.5. The molecule has 0 aliphatic carbocycles. The lowest BCUT2D eigenvalue weighted by molar-refractivity contribution is -0.113. The number of aromatic amines is 1. The number of rotatable bonds is 6. The van der Waals surface area contributed by atoms with E-state index in [-0.39, 0.29) is 5.91 Å². The molecule has 5 nitrogen and oxygen atoms in total. The molecule has 1 aromatic carbocycles. The molecule has 0 saturated carbocycles. The van der Waals surface area contributed by atoms with Crippen molar-refractivity contribution in [2.75, 3.05) is 11.1 Å². The van der Waals surface area contributed by atoms with Crippen molar-refractivity contribution in [1.29, 1.82) is 0 Å². The van der Waals surface area contributed by atoms with Gasteiger partial charge in [0.2, 0.25) is 11.1 Å². The number of hydrogen-bond donors (Lipinski definition) is 2. The summed E-state index contributed by atoms with van der Waals surface area (Å²) in [6.45, 7) is 10.4. The van der Waals surface area contributed by atoms with Crippen LogP contribution in [0.5, 0.6) is 0 Å². The van der Waals surface area contributed by atoms with Gasteiger partial charge in [0.1, 0.15) is 5.82 Å². The summed E-state index contributed by atoms with van der Waals surface area (Å²) in [5, 5.41) is 10.7. The number of carbonyl (C=O) groups is 1. The molecule has 0 aliphatic heterocycles. The number of nitrogens with one attached hydrogen (secondary N) is 2. The molecule has 2 aromatic rings. The summed E-state index contributed by atoms with van der Waals surface area (Å²) < 4.78 is 0. The lowest BCUT2D eigenvalue weighted by atomic mass is 9.98. The second kappa shape index (κ2) is 7.64. The fraction of sp³-hybridized carbons (Fsp3) is 0.471. The van der Waals surface area contributed by atoms with Crippen molar-refractivity contribution >= 4 is 23.4 Å². The van der Waals surface area contributed by atoms with Gasteiger partial charge in [0.05, 0.1) is 5.75 Å². The van der Waals surface area contributed by atoms with Crippen molar-refractivity contribution in [3.8, 4) is 0 Å². The van der Waals surface area contributed by atoms with Crippen LogP contribution in [0.2, 0.25) is 0 Å². The minimum Gasteiger partial charge on any atom is -0.325 e. The molecule has 6 heteroatoms. The summed E-state index contributed by atoms with van der Waals surface area (Å²) >= 11 is 1.34. The Bertz CT molecular complexity index is 679. The molecular weight excluding hydrogens is 308 g/mol. The van der Waals surface area contributed by atoms with E-state index in [2.05, 4.69) is 40.4 Å². The number of thioether (sulfide) groups is 1. The summed E-state index contributed by atoms with van der Waals surface area (Å²) in [5.74, 6) is 1.75. The first-order chi connectivity index (χ1) is 10.9. The van der Waals surface area contributed by atoms with E-state index in [4.69, 9.17) is 0 Å². The topological polar surface area (TPSA) is 70.7 Å². The van der Waals surface area contributed by atoms with Gasteiger partial charge in [-0.05, 0) is 24.0 Å². The van der Waals surface area contributed by atoms with E-state index in [0.717, 1.165) is 22.6 Å². The van der Waals surface area contributed by atoms with Gasteiger partial charge in [0, 0.05) is 11.6 Å². The third-order valence-electron chi connectivity index (χ3n) is 3.55. The van der Waals surface area contributed by atoms with Gasteiger partial charge >= 0.3 is 0 Å². The molecule has 0 saturated heterocycles. The Morgan fingerprint density at radius 2 is 2.00 bits per heavy atom. The Kier molecular flexibility index (Phi) is 5.82. The maximum absolute atomic E-state index is 12.3. The van der Waals surface area contributed by atoms with Crippen LogP contribution in [0, 0.1) is 6.92 Å². The van der Waals surface area contributed by atoms with Crippen LogP contribution in [0.3, 0.4) is 0 Å². The molecule has 1 heterocycles. The molecule has 1 aromatic heterocycles. The normalized spacial score (nSPS) is 11.3. The highest BCUT2D eigenvalue weighted by atomic mass is 32.2. The van der Waals surface area contributed by atoms with E-state index in [1.165, 1.54) is 11.8 Å². The maximum atomic E-state index is 12.3. The molecule has 0 spiro atoms. The largest absolute Gasteiger partial charge is 0.325 e. The molecule has 0 atom stereocenters. The van der Waals surface area contributed by atoms with Gasteiger partial charge < -0.3 is 5.32 Å². The highest BCUT2D eigenvalue weighted by molar-refractivity contribution is 7.99. The Hall–Kier alpha value is -1.82. The summed E-state index contributed by atoms with van der Waals surface area (Å²) in [4.78, 5) is 16.6. The number of H-pyrrole nitrogens is 1. The molecule has 0 aliphatic rings. The fourth-order valence-electron chi connectivity index (χ4n) is 2.23.